The van der Waals surface area contributed by atoms with Gasteiger partial charge in [0.05, 0.1) is 0 Å². The van der Waals surface area contributed by atoms with Gasteiger partial charge in [0.1, 0.15) is 5.67 Å². The van der Waals surface area contributed by atoms with Gasteiger partial charge >= 0.3 is 0 Å². The molecule has 0 aromatic heterocycles. The molecule has 2 nitrogen and oxygen atoms in total. The molecular formula is C10H22FNO. The minimum Gasteiger partial charge on any atom is -0.354 e. The highest BCUT2D eigenvalue weighted by Gasteiger charge is 2.19. The van der Waals surface area contributed by atoms with Crippen LogP contribution in [0, 0.1) is 0 Å². The molecule has 0 bridgehead atoms. The fourth-order valence-corrected chi connectivity index (χ4v) is 1.13. The fraction of sp³-hybridized carbons (Fsp3) is 0.900. The standard InChI is InChI=1S/C8H16FNO.C2H6/c1-6(10-7(2)11)5-8(3,4)9;1-2/h6H,5H2,1-4H3,(H,10,11);1-2H3. The Hall–Kier alpha value is -0.600. The van der Waals surface area contributed by atoms with Gasteiger partial charge in [0.2, 0.25) is 5.91 Å². The second-order valence-corrected chi connectivity index (χ2v) is 3.52. The molecule has 0 heterocycles. The SMILES string of the molecule is CC.CC(=O)NC(C)CC(C)(C)F. The largest absolute Gasteiger partial charge is 0.354 e. The summed E-state index contributed by atoms with van der Waals surface area (Å²) in [6.07, 6.45) is 0.354. The zero-order valence-corrected chi connectivity index (χ0v) is 9.57. The number of alkyl halides is 1. The maximum absolute atomic E-state index is 12.9. The van der Waals surface area contributed by atoms with E-state index in [1.807, 2.05) is 13.8 Å². The zero-order chi connectivity index (χ0) is 11.1. The van der Waals surface area contributed by atoms with Crippen LogP contribution in [0.2, 0.25) is 0 Å². The summed E-state index contributed by atoms with van der Waals surface area (Å²) in [5, 5.41) is 2.62. The van der Waals surface area contributed by atoms with Crippen LogP contribution < -0.4 is 5.32 Å². The van der Waals surface area contributed by atoms with Crippen molar-refractivity contribution in [3.8, 4) is 0 Å². The predicted molar refractivity (Wildman–Crippen MR) is 54.4 cm³/mol. The summed E-state index contributed by atoms with van der Waals surface area (Å²) in [5.41, 5.74) is -1.21. The number of amides is 1. The molecule has 0 fully saturated rings. The van der Waals surface area contributed by atoms with Crippen LogP contribution in [-0.2, 0) is 4.79 Å². The minimum absolute atomic E-state index is 0.0903. The van der Waals surface area contributed by atoms with Crippen molar-refractivity contribution in [3.63, 3.8) is 0 Å². The number of halogens is 1. The molecule has 80 valence electrons. The molecule has 13 heavy (non-hydrogen) atoms. The molecule has 1 atom stereocenters. The molecule has 0 radical (unpaired) electrons. The summed E-state index contributed by atoms with van der Waals surface area (Å²) in [6, 6.07) is -0.0903. The number of hydrogen-bond acceptors (Lipinski definition) is 1. The Morgan fingerprint density at radius 2 is 1.85 bits per heavy atom. The van der Waals surface area contributed by atoms with Gasteiger partial charge in [-0.25, -0.2) is 4.39 Å². The Bertz CT molecular complexity index is 140. The van der Waals surface area contributed by atoms with Crippen molar-refractivity contribution < 1.29 is 9.18 Å². The maximum Gasteiger partial charge on any atom is 0.217 e. The van der Waals surface area contributed by atoms with Crippen LogP contribution in [0.15, 0.2) is 0 Å². The normalized spacial score (nSPS) is 12.5. The highest BCUT2D eigenvalue weighted by Crippen LogP contribution is 2.15. The Morgan fingerprint density at radius 1 is 1.46 bits per heavy atom. The molecule has 3 heteroatoms. The van der Waals surface area contributed by atoms with E-state index < -0.39 is 5.67 Å². The number of nitrogens with one attached hydrogen (secondary N) is 1. The Labute approximate surface area is 80.9 Å². The van der Waals surface area contributed by atoms with Crippen molar-refractivity contribution >= 4 is 5.91 Å². The van der Waals surface area contributed by atoms with Crippen molar-refractivity contribution in [2.45, 2.75) is 59.7 Å². The average molecular weight is 191 g/mol. The van der Waals surface area contributed by atoms with E-state index in [9.17, 15) is 9.18 Å². The molecule has 0 aromatic carbocycles. The smallest absolute Gasteiger partial charge is 0.217 e. The number of hydrogen-bond donors (Lipinski definition) is 1. The van der Waals surface area contributed by atoms with Crippen molar-refractivity contribution in [2.75, 3.05) is 0 Å². The Morgan fingerprint density at radius 3 is 2.08 bits per heavy atom. The van der Waals surface area contributed by atoms with Gasteiger partial charge in [-0.05, 0) is 20.8 Å². The fourth-order valence-electron chi connectivity index (χ4n) is 1.13. The van der Waals surface area contributed by atoms with Gasteiger partial charge < -0.3 is 5.32 Å². The summed E-state index contributed by atoms with van der Waals surface area (Å²) in [6.45, 7) is 10.2. The van der Waals surface area contributed by atoms with Crippen LogP contribution in [0.25, 0.3) is 0 Å². The van der Waals surface area contributed by atoms with Gasteiger partial charge in [-0.3, -0.25) is 4.79 Å². The number of rotatable bonds is 3. The third kappa shape index (κ3) is 14.3. The van der Waals surface area contributed by atoms with Gasteiger partial charge in [-0.2, -0.15) is 0 Å². The average Bonchev–Trinajstić information content (AvgIpc) is 1.85. The molecule has 0 spiro atoms. The van der Waals surface area contributed by atoms with E-state index in [-0.39, 0.29) is 11.9 Å². The van der Waals surface area contributed by atoms with E-state index >= 15 is 0 Å². The molecule has 0 aliphatic rings. The number of carbonyl (C=O) groups excluding carboxylic acids is 1. The second kappa shape index (κ2) is 6.87. The van der Waals surface area contributed by atoms with E-state index in [1.54, 1.807) is 6.92 Å². The lowest BCUT2D eigenvalue weighted by Gasteiger charge is -2.19. The van der Waals surface area contributed by atoms with Crippen LogP contribution in [0.1, 0.15) is 48.0 Å². The van der Waals surface area contributed by atoms with Crippen LogP contribution in [0.5, 0.6) is 0 Å². The van der Waals surface area contributed by atoms with Gasteiger partial charge in [0, 0.05) is 19.4 Å². The van der Waals surface area contributed by atoms with Gasteiger partial charge in [-0.15, -0.1) is 0 Å². The third-order valence-electron chi connectivity index (χ3n) is 1.24. The zero-order valence-electron chi connectivity index (χ0n) is 9.57. The lowest BCUT2D eigenvalue weighted by atomic mass is 10.0. The monoisotopic (exact) mass is 191 g/mol. The topological polar surface area (TPSA) is 29.1 Å². The van der Waals surface area contributed by atoms with Crippen molar-refractivity contribution in [2.24, 2.45) is 0 Å². The summed E-state index contributed by atoms with van der Waals surface area (Å²) < 4.78 is 12.9. The van der Waals surface area contributed by atoms with E-state index in [0.717, 1.165) is 0 Å². The molecule has 0 rings (SSSR count). The minimum atomic E-state index is -1.21. The highest BCUT2D eigenvalue weighted by atomic mass is 19.1. The van der Waals surface area contributed by atoms with Crippen molar-refractivity contribution in [1.29, 1.82) is 0 Å². The molecule has 0 saturated heterocycles. The van der Waals surface area contributed by atoms with E-state index in [1.165, 1.54) is 20.8 Å². The molecule has 1 amide bonds. The molecule has 0 aliphatic carbocycles. The van der Waals surface area contributed by atoms with Crippen LogP contribution >= 0.6 is 0 Å². The van der Waals surface area contributed by atoms with Gasteiger partial charge in [-0.1, -0.05) is 13.8 Å². The Kier molecular flexibility index (Phi) is 7.87. The first-order valence-electron chi connectivity index (χ1n) is 4.77. The summed E-state index contributed by atoms with van der Waals surface area (Å²) in [5.74, 6) is -0.109. The molecule has 0 aliphatic heterocycles. The van der Waals surface area contributed by atoms with Crippen LogP contribution in [0.4, 0.5) is 4.39 Å². The predicted octanol–water partition coefficient (Wildman–Crippen LogP) is 2.68. The molecule has 1 N–H and O–H groups in total. The van der Waals surface area contributed by atoms with E-state index in [4.69, 9.17) is 0 Å². The molecule has 0 aromatic rings. The maximum atomic E-state index is 12.9. The van der Waals surface area contributed by atoms with Crippen LogP contribution in [-0.4, -0.2) is 17.6 Å². The first-order chi connectivity index (χ1) is 5.81. The second-order valence-electron chi connectivity index (χ2n) is 3.52. The van der Waals surface area contributed by atoms with Crippen molar-refractivity contribution in [1.82, 2.24) is 5.32 Å². The first-order valence-corrected chi connectivity index (χ1v) is 4.77. The van der Waals surface area contributed by atoms with Crippen molar-refractivity contribution in [3.05, 3.63) is 0 Å². The quantitative estimate of drug-likeness (QED) is 0.730. The van der Waals surface area contributed by atoms with Gasteiger partial charge in [0.15, 0.2) is 0 Å². The van der Waals surface area contributed by atoms with Crippen LogP contribution in [0.3, 0.4) is 0 Å². The Balaban J connectivity index is 0. The van der Waals surface area contributed by atoms with E-state index in [2.05, 4.69) is 5.32 Å². The summed E-state index contributed by atoms with van der Waals surface area (Å²) in [7, 11) is 0. The summed E-state index contributed by atoms with van der Waals surface area (Å²) >= 11 is 0. The van der Waals surface area contributed by atoms with E-state index in [0.29, 0.717) is 6.42 Å². The third-order valence-corrected chi connectivity index (χ3v) is 1.24. The molecule has 0 saturated carbocycles. The van der Waals surface area contributed by atoms with Gasteiger partial charge in [0.25, 0.3) is 0 Å². The lowest BCUT2D eigenvalue weighted by Crippen LogP contribution is -2.35. The number of carbonyl (C=O) groups is 1. The summed E-state index contributed by atoms with van der Waals surface area (Å²) in [4.78, 5) is 10.5. The molecule has 1 unspecified atom stereocenters. The highest BCUT2D eigenvalue weighted by molar-refractivity contribution is 5.73. The molecular weight excluding hydrogens is 169 g/mol. The first kappa shape index (κ1) is 14.9. The lowest BCUT2D eigenvalue weighted by molar-refractivity contribution is -0.119.